The van der Waals surface area contributed by atoms with Gasteiger partial charge in [-0.3, -0.25) is 0 Å². The number of rotatable bonds is 6. The Bertz CT molecular complexity index is 1040. The second-order valence-corrected chi connectivity index (χ2v) is 5.36. The lowest BCUT2D eigenvalue weighted by Gasteiger charge is -2.10. The van der Waals surface area contributed by atoms with Crippen LogP contribution in [0, 0.1) is 11.3 Å². The normalized spacial score (nSPS) is 10.6. The maximum absolute atomic E-state index is 12.3. The minimum Gasteiger partial charge on any atom is -0.437 e. The molecule has 0 saturated carbocycles. The number of aromatic nitrogens is 2. The summed E-state index contributed by atoms with van der Waals surface area (Å²) in [7, 11) is 0. The summed E-state index contributed by atoms with van der Waals surface area (Å²) in [6, 6.07) is 18.9. The van der Waals surface area contributed by atoms with Crippen molar-refractivity contribution < 1.29 is 19.0 Å². The Balaban J connectivity index is 1.72. The van der Waals surface area contributed by atoms with E-state index < -0.39 is 5.97 Å². The smallest absolute Gasteiger partial charge is 0.379 e. The van der Waals surface area contributed by atoms with Crippen LogP contribution in [0.4, 0.5) is 0 Å². The number of allylic oxidation sites excluding steroid dienone is 1. The van der Waals surface area contributed by atoms with E-state index in [0.29, 0.717) is 17.1 Å². The van der Waals surface area contributed by atoms with Gasteiger partial charge in [-0.25, -0.2) is 14.8 Å². The molecule has 2 aromatic carbocycles. The number of carbonyl (C=O) groups excluding carboxylic acids is 1. The van der Waals surface area contributed by atoms with Crippen LogP contribution in [0.1, 0.15) is 12.5 Å². The highest BCUT2D eigenvalue weighted by molar-refractivity contribution is 5.88. The summed E-state index contributed by atoms with van der Waals surface area (Å²) >= 11 is 0. The summed E-state index contributed by atoms with van der Waals surface area (Å²) in [5.41, 5.74) is 0.365. The number of hydrogen-bond acceptors (Lipinski definition) is 7. The lowest BCUT2D eigenvalue weighted by atomic mass is 10.2. The van der Waals surface area contributed by atoms with Gasteiger partial charge in [-0.15, -0.1) is 0 Å². The van der Waals surface area contributed by atoms with Crippen LogP contribution in [0.3, 0.4) is 0 Å². The van der Waals surface area contributed by atoms with Crippen LogP contribution in [0.5, 0.6) is 23.3 Å². The molecule has 7 nitrogen and oxygen atoms in total. The minimum atomic E-state index is -0.662. The summed E-state index contributed by atoms with van der Waals surface area (Å²) in [6.45, 7) is 1.64. The molecule has 0 saturated heterocycles. The van der Waals surface area contributed by atoms with E-state index >= 15 is 0 Å². The third-order valence-electron chi connectivity index (χ3n) is 3.47. The van der Waals surface area contributed by atoms with E-state index in [4.69, 9.17) is 19.5 Å². The van der Waals surface area contributed by atoms with Gasteiger partial charge in [0.25, 0.3) is 0 Å². The van der Waals surface area contributed by atoms with Crippen molar-refractivity contribution >= 4 is 5.97 Å². The first kappa shape index (κ1) is 18.6. The number of hydrogen-bond donors (Lipinski definition) is 0. The van der Waals surface area contributed by atoms with E-state index in [1.54, 1.807) is 55.5 Å². The predicted molar refractivity (Wildman–Crippen MR) is 99.7 cm³/mol. The molecule has 0 aliphatic carbocycles. The average molecular weight is 373 g/mol. The van der Waals surface area contributed by atoms with Gasteiger partial charge in [0, 0.05) is 0 Å². The lowest BCUT2D eigenvalue weighted by molar-refractivity contribution is -0.132. The molecule has 0 aliphatic heterocycles. The Kier molecular flexibility index (Phi) is 5.95. The van der Waals surface area contributed by atoms with Gasteiger partial charge >= 0.3 is 5.97 Å². The number of benzene rings is 2. The van der Waals surface area contributed by atoms with Crippen molar-refractivity contribution in [3.05, 3.63) is 84.4 Å². The first-order valence-electron chi connectivity index (χ1n) is 8.30. The molecule has 1 aromatic heterocycles. The molecule has 7 heteroatoms. The maximum atomic E-state index is 12.3. The van der Waals surface area contributed by atoms with Gasteiger partial charge in [0.2, 0.25) is 17.5 Å². The fraction of sp³-hybridized carbons (Fsp3) is 0.0476. The van der Waals surface area contributed by atoms with Crippen molar-refractivity contribution in [2.75, 3.05) is 0 Å². The van der Waals surface area contributed by atoms with Crippen molar-refractivity contribution in [2.24, 2.45) is 0 Å². The third kappa shape index (κ3) is 4.71. The molecule has 1 heterocycles. The van der Waals surface area contributed by atoms with E-state index in [1.165, 1.54) is 18.5 Å². The molecule has 0 atom stereocenters. The molecule has 0 N–H and O–H groups in total. The summed E-state index contributed by atoms with van der Waals surface area (Å²) in [6.07, 6.45) is 2.70. The fourth-order valence-electron chi connectivity index (χ4n) is 2.17. The van der Waals surface area contributed by atoms with E-state index in [-0.39, 0.29) is 17.5 Å². The van der Waals surface area contributed by atoms with Crippen LogP contribution in [0.25, 0.3) is 0 Å². The molecular formula is C21H15N3O4. The quantitative estimate of drug-likeness (QED) is 0.279. The van der Waals surface area contributed by atoms with Crippen molar-refractivity contribution in [3.63, 3.8) is 0 Å². The molecule has 0 bridgehead atoms. The van der Waals surface area contributed by atoms with Crippen molar-refractivity contribution in [1.82, 2.24) is 9.97 Å². The molecule has 0 radical (unpaired) electrons. The Morgan fingerprint density at radius 3 is 2.46 bits per heavy atom. The standard InChI is InChI=1S/C21H15N3O4/c1-2-17(21(25)26-16-9-4-3-5-10-16)27-19-12-20(24-14-23-19)28-18-11-7-6-8-15(18)13-22/h2-12,14H,1H3. The third-order valence-corrected chi connectivity index (χ3v) is 3.47. The number of nitriles is 1. The van der Waals surface area contributed by atoms with Crippen molar-refractivity contribution in [2.45, 2.75) is 6.92 Å². The second kappa shape index (κ2) is 8.96. The van der Waals surface area contributed by atoms with E-state index in [0.717, 1.165) is 0 Å². The van der Waals surface area contributed by atoms with Crippen molar-refractivity contribution in [1.29, 1.82) is 5.26 Å². The van der Waals surface area contributed by atoms with E-state index in [1.807, 2.05) is 12.1 Å². The number of para-hydroxylation sites is 2. The summed E-state index contributed by atoms with van der Waals surface area (Å²) in [4.78, 5) is 20.3. The molecule has 138 valence electrons. The molecule has 28 heavy (non-hydrogen) atoms. The number of carbonyl (C=O) groups is 1. The van der Waals surface area contributed by atoms with Gasteiger partial charge in [-0.05, 0) is 37.3 Å². The molecule has 0 aliphatic rings. The SMILES string of the molecule is CC=C(Oc1cc(Oc2ccccc2C#N)ncn1)C(=O)Oc1ccccc1. The van der Waals surface area contributed by atoms with Crippen molar-refractivity contribution in [3.8, 4) is 29.3 Å². The Morgan fingerprint density at radius 2 is 1.71 bits per heavy atom. The van der Waals surface area contributed by atoms with Gasteiger partial charge in [0.05, 0.1) is 11.6 Å². The van der Waals surface area contributed by atoms with Gasteiger partial charge < -0.3 is 14.2 Å². The van der Waals surface area contributed by atoms with Gasteiger partial charge in [0.15, 0.2) is 0 Å². The average Bonchev–Trinajstić information content (AvgIpc) is 2.73. The molecule has 3 rings (SSSR count). The van der Waals surface area contributed by atoms with E-state index in [9.17, 15) is 4.79 Å². The zero-order valence-corrected chi connectivity index (χ0v) is 14.9. The molecule has 3 aromatic rings. The van der Waals surface area contributed by atoms with Crippen LogP contribution < -0.4 is 14.2 Å². The number of nitrogens with zero attached hydrogens (tertiary/aromatic N) is 3. The van der Waals surface area contributed by atoms with Gasteiger partial charge in [0.1, 0.15) is 23.9 Å². The highest BCUT2D eigenvalue weighted by Gasteiger charge is 2.16. The fourth-order valence-corrected chi connectivity index (χ4v) is 2.17. The molecule has 0 spiro atoms. The van der Waals surface area contributed by atoms with Crippen LogP contribution in [0.15, 0.2) is 78.8 Å². The first-order valence-corrected chi connectivity index (χ1v) is 8.30. The molecule has 0 amide bonds. The van der Waals surface area contributed by atoms with E-state index in [2.05, 4.69) is 9.97 Å². The largest absolute Gasteiger partial charge is 0.437 e. The highest BCUT2D eigenvalue weighted by Crippen LogP contribution is 2.25. The van der Waals surface area contributed by atoms with Crippen LogP contribution in [0.2, 0.25) is 0 Å². The lowest BCUT2D eigenvalue weighted by Crippen LogP contribution is -2.16. The Hall–Kier alpha value is -4.18. The second-order valence-electron chi connectivity index (χ2n) is 5.36. The molecule has 0 fully saturated rings. The Labute approximate surface area is 161 Å². The summed E-state index contributed by atoms with van der Waals surface area (Å²) < 4.78 is 16.4. The zero-order chi connectivity index (χ0) is 19.8. The molecular weight excluding hydrogens is 358 g/mol. The van der Waals surface area contributed by atoms with Crippen LogP contribution in [-0.4, -0.2) is 15.9 Å². The molecule has 0 unspecified atom stereocenters. The maximum Gasteiger partial charge on any atom is 0.379 e. The minimum absolute atomic E-state index is 0.0362. The summed E-state index contributed by atoms with van der Waals surface area (Å²) in [5, 5.41) is 9.14. The highest BCUT2D eigenvalue weighted by atomic mass is 16.6. The monoisotopic (exact) mass is 373 g/mol. The van der Waals surface area contributed by atoms with Crippen LogP contribution in [-0.2, 0) is 4.79 Å². The Morgan fingerprint density at radius 1 is 1.00 bits per heavy atom. The van der Waals surface area contributed by atoms with Gasteiger partial charge in [-0.2, -0.15) is 5.26 Å². The first-order chi connectivity index (χ1) is 13.7. The topological polar surface area (TPSA) is 94.3 Å². The number of ether oxygens (including phenoxy) is 3. The summed E-state index contributed by atoms with van der Waals surface area (Å²) in [5.74, 6) is 0.312. The zero-order valence-electron chi connectivity index (χ0n) is 14.9. The van der Waals surface area contributed by atoms with Gasteiger partial charge in [-0.1, -0.05) is 30.3 Å². The predicted octanol–water partition coefficient (Wildman–Crippen LogP) is 4.03. The number of esters is 1. The van der Waals surface area contributed by atoms with Crippen LogP contribution >= 0.6 is 0 Å².